The predicted molar refractivity (Wildman–Crippen MR) is 152 cm³/mol. The van der Waals surface area contributed by atoms with Gasteiger partial charge in [0, 0.05) is 63.8 Å². The molecule has 39 heavy (non-hydrogen) atoms. The van der Waals surface area contributed by atoms with Crippen LogP contribution in [0.15, 0.2) is 36.5 Å². The van der Waals surface area contributed by atoms with Crippen molar-refractivity contribution < 1.29 is 9.66 Å². The Morgan fingerprint density at radius 2 is 1.90 bits per heavy atom. The van der Waals surface area contributed by atoms with Crippen LogP contribution >= 0.6 is 0 Å². The fourth-order valence-electron chi connectivity index (χ4n) is 5.49. The molecule has 4 heterocycles. The van der Waals surface area contributed by atoms with Gasteiger partial charge in [0.05, 0.1) is 34.5 Å². The van der Waals surface area contributed by atoms with Crippen LogP contribution in [0.25, 0.3) is 0 Å². The summed E-state index contributed by atoms with van der Waals surface area (Å²) in [6.07, 6.45) is 1.69. The monoisotopic (exact) mass is 533 g/mol. The van der Waals surface area contributed by atoms with Crippen molar-refractivity contribution >= 4 is 34.5 Å². The number of nitro benzene ring substituents is 1. The van der Waals surface area contributed by atoms with Gasteiger partial charge in [-0.25, -0.2) is 4.98 Å². The number of nitro groups is 1. The Kier molecular flexibility index (Phi) is 7.00. The van der Waals surface area contributed by atoms with E-state index in [9.17, 15) is 10.1 Å². The number of hydrogen-bond acceptors (Lipinski definition) is 11. The number of likely N-dealkylation sites (tertiary alicyclic amines) is 1. The van der Waals surface area contributed by atoms with Gasteiger partial charge in [0.1, 0.15) is 17.3 Å². The van der Waals surface area contributed by atoms with Gasteiger partial charge < -0.3 is 29.7 Å². The number of hydrogen-bond donors (Lipinski definition) is 1. The third-order valence-electron chi connectivity index (χ3n) is 7.36. The first kappa shape index (κ1) is 26.6. The van der Waals surface area contributed by atoms with Crippen molar-refractivity contribution in [2.24, 2.45) is 0 Å². The van der Waals surface area contributed by atoms with E-state index in [0.29, 0.717) is 29.6 Å². The number of pyridine rings is 1. The number of nitrogens with zero attached hydrogens (tertiary/aromatic N) is 8. The fourth-order valence-corrected chi connectivity index (χ4v) is 5.49. The maximum atomic E-state index is 12.0. The number of methoxy groups -OCH3 is 1. The Morgan fingerprint density at radius 3 is 2.56 bits per heavy atom. The van der Waals surface area contributed by atoms with Crippen LogP contribution in [-0.2, 0) is 5.41 Å². The second-order valence-electron chi connectivity index (χ2n) is 10.7. The highest BCUT2D eigenvalue weighted by Crippen LogP contribution is 2.47. The molecule has 12 nitrogen and oxygen atoms in total. The molecule has 0 atom stereocenters. The third kappa shape index (κ3) is 5.04. The van der Waals surface area contributed by atoms with Crippen molar-refractivity contribution in [2.45, 2.75) is 12.3 Å². The van der Waals surface area contributed by atoms with E-state index in [4.69, 9.17) is 14.7 Å². The highest BCUT2D eigenvalue weighted by atomic mass is 16.6. The van der Waals surface area contributed by atoms with Crippen molar-refractivity contribution in [2.75, 3.05) is 83.1 Å². The second-order valence-corrected chi connectivity index (χ2v) is 10.7. The number of anilines is 5. The number of likely N-dealkylation sites (N-methyl/N-ethyl adjacent to an activating group) is 3. The van der Waals surface area contributed by atoms with Gasteiger partial charge in [-0.2, -0.15) is 4.98 Å². The van der Waals surface area contributed by atoms with Gasteiger partial charge in [-0.15, -0.1) is 0 Å². The molecule has 1 fully saturated rings. The first-order chi connectivity index (χ1) is 18.6. The van der Waals surface area contributed by atoms with Gasteiger partial charge in [-0.1, -0.05) is 0 Å². The number of rotatable bonds is 9. The fraction of sp³-hybridized carbons (Fsp3) is 0.444. The van der Waals surface area contributed by atoms with E-state index >= 15 is 0 Å². The molecule has 0 bridgehead atoms. The topological polar surface area (TPSA) is 116 Å². The van der Waals surface area contributed by atoms with Crippen molar-refractivity contribution in [3.05, 3.63) is 58.0 Å². The first-order valence-electron chi connectivity index (χ1n) is 12.9. The van der Waals surface area contributed by atoms with Gasteiger partial charge in [0.2, 0.25) is 5.95 Å². The molecule has 0 saturated carbocycles. The summed E-state index contributed by atoms with van der Waals surface area (Å²) < 4.78 is 5.61. The highest BCUT2D eigenvalue weighted by molar-refractivity contribution is 5.77. The summed E-state index contributed by atoms with van der Waals surface area (Å²) in [6.45, 7) is 6.06. The average Bonchev–Trinajstić information content (AvgIpc) is 3.21. The van der Waals surface area contributed by atoms with E-state index in [0.717, 1.165) is 49.1 Å². The maximum Gasteiger partial charge on any atom is 0.294 e. The van der Waals surface area contributed by atoms with Gasteiger partial charge in [0.25, 0.3) is 5.69 Å². The normalized spacial score (nSPS) is 15.8. The third-order valence-corrected chi connectivity index (χ3v) is 7.36. The van der Waals surface area contributed by atoms with Crippen LogP contribution in [0.5, 0.6) is 5.75 Å². The van der Waals surface area contributed by atoms with Crippen LogP contribution in [0.2, 0.25) is 0 Å². The lowest BCUT2D eigenvalue weighted by Crippen LogP contribution is -2.59. The standard InChI is InChI=1S/C27H35N9O3/c1-18-7-8-20-25(29-18)27(15-33(4)16-27)17-35(20)24-9-10-28-26(31-24)30-19-13-22(36(37)38)21(14-23(19)39-6)34(5)12-11-32(2)3/h7-10,13-14H,11-12,15-17H2,1-6H3,(H,28,30,31). The van der Waals surface area contributed by atoms with Crippen LogP contribution in [-0.4, -0.2) is 97.7 Å². The van der Waals surface area contributed by atoms with E-state index in [2.05, 4.69) is 33.2 Å². The van der Waals surface area contributed by atoms with Crippen LogP contribution in [0.1, 0.15) is 11.4 Å². The molecule has 1 saturated heterocycles. The zero-order valence-corrected chi connectivity index (χ0v) is 23.3. The Labute approximate surface area is 228 Å². The predicted octanol–water partition coefficient (Wildman–Crippen LogP) is 3.17. The Hall–Kier alpha value is -4.03. The second kappa shape index (κ2) is 10.3. The number of aromatic nitrogens is 3. The van der Waals surface area contributed by atoms with E-state index in [1.165, 1.54) is 6.07 Å². The van der Waals surface area contributed by atoms with Gasteiger partial charge in [-0.3, -0.25) is 15.1 Å². The minimum absolute atomic E-state index is 0.0209. The Balaban J connectivity index is 1.45. The van der Waals surface area contributed by atoms with Crippen LogP contribution < -0.4 is 19.9 Å². The molecule has 3 aromatic rings. The van der Waals surface area contributed by atoms with E-state index in [1.54, 1.807) is 19.4 Å². The summed E-state index contributed by atoms with van der Waals surface area (Å²) in [6, 6.07) is 9.17. The Morgan fingerprint density at radius 1 is 1.13 bits per heavy atom. The van der Waals surface area contributed by atoms with Crippen LogP contribution in [0.3, 0.4) is 0 Å². The van der Waals surface area contributed by atoms with Crippen molar-refractivity contribution in [3.8, 4) is 5.75 Å². The van der Waals surface area contributed by atoms with Crippen molar-refractivity contribution in [1.29, 1.82) is 0 Å². The van der Waals surface area contributed by atoms with Crippen LogP contribution in [0.4, 0.5) is 34.5 Å². The van der Waals surface area contributed by atoms with E-state index < -0.39 is 0 Å². The van der Waals surface area contributed by atoms with E-state index in [1.807, 2.05) is 50.0 Å². The lowest BCUT2D eigenvalue weighted by molar-refractivity contribution is -0.384. The molecule has 12 heteroatoms. The van der Waals surface area contributed by atoms with Gasteiger partial charge in [0.15, 0.2) is 0 Å². The molecule has 5 rings (SSSR count). The van der Waals surface area contributed by atoms with Gasteiger partial charge in [-0.05, 0) is 46.3 Å². The molecule has 0 unspecified atom stereocenters. The molecule has 206 valence electrons. The summed E-state index contributed by atoms with van der Waals surface area (Å²) in [4.78, 5) is 34.1. The molecular weight excluding hydrogens is 498 g/mol. The molecular formula is C27H35N9O3. The number of benzene rings is 1. The largest absolute Gasteiger partial charge is 0.494 e. The summed E-state index contributed by atoms with van der Waals surface area (Å²) in [5.41, 5.74) is 4.01. The minimum Gasteiger partial charge on any atom is -0.494 e. The maximum absolute atomic E-state index is 12.0. The summed E-state index contributed by atoms with van der Waals surface area (Å²) in [5.74, 6) is 1.52. The molecule has 0 amide bonds. The number of nitrogens with one attached hydrogen (secondary N) is 1. The molecule has 1 aromatic carbocycles. The molecule has 1 N–H and O–H groups in total. The smallest absolute Gasteiger partial charge is 0.294 e. The van der Waals surface area contributed by atoms with Crippen LogP contribution in [0, 0.1) is 17.0 Å². The molecule has 2 aliphatic heterocycles. The van der Waals surface area contributed by atoms with Crippen molar-refractivity contribution in [3.63, 3.8) is 0 Å². The number of fused-ring (bicyclic) bond motifs is 2. The van der Waals surface area contributed by atoms with Gasteiger partial charge >= 0.3 is 0 Å². The van der Waals surface area contributed by atoms with Crippen molar-refractivity contribution in [1.82, 2.24) is 24.8 Å². The summed E-state index contributed by atoms with van der Waals surface area (Å²) in [5, 5.41) is 15.2. The zero-order chi connectivity index (χ0) is 27.9. The summed E-state index contributed by atoms with van der Waals surface area (Å²) >= 11 is 0. The Bertz CT molecular complexity index is 1390. The summed E-state index contributed by atoms with van der Waals surface area (Å²) in [7, 11) is 9.42. The quantitative estimate of drug-likeness (QED) is 0.323. The number of aryl methyl sites for hydroxylation is 1. The molecule has 2 aliphatic rings. The highest BCUT2D eigenvalue weighted by Gasteiger charge is 2.51. The zero-order valence-electron chi connectivity index (χ0n) is 23.3. The lowest BCUT2D eigenvalue weighted by Gasteiger charge is -2.45. The lowest BCUT2D eigenvalue weighted by atomic mass is 9.78. The van der Waals surface area contributed by atoms with E-state index in [-0.39, 0.29) is 16.0 Å². The average molecular weight is 534 g/mol. The molecule has 2 aromatic heterocycles. The molecule has 0 aliphatic carbocycles. The minimum atomic E-state index is -0.380. The SMILES string of the molecule is COc1cc(N(C)CCN(C)C)c([N+](=O)[O-])cc1Nc1nccc(N2CC3(CN(C)C3)c3nc(C)ccc32)n1. The number of ether oxygens (including phenoxy) is 1. The first-order valence-corrected chi connectivity index (χ1v) is 12.9. The molecule has 1 spiro atoms. The molecule has 0 radical (unpaired) electrons.